The standard InChI is InChI=1S/C19H19N3O3/c1-24-14-6-4-5-13(11-14)9-10-21-18(23)17-12-25-19(22-17)15-7-2-3-8-16(15)20/h2-8,11-12H,9-10,20H2,1H3,(H,21,23). The summed E-state index contributed by atoms with van der Waals surface area (Å²) in [5.74, 6) is 0.842. The number of rotatable bonds is 6. The molecule has 0 aliphatic rings. The number of methoxy groups -OCH3 is 1. The minimum atomic E-state index is -0.285. The van der Waals surface area contributed by atoms with Gasteiger partial charge in [-0.1, -0.05) is 24.3 Å². The fraction of sp³-hybridized carbons (Fsp3) is 0.158. The van der Waals surface area contributed by atoms with Crippen molar-refractivity contribution in [1.29, 1.82) is 0 Å². The minimum Gasteiger partial charge on any atom is -0.497 e. The molecule has 0 aliphatic carbocycles. The molecule has 0 fully saturated rings. The molecule has 1 aromatic heterocycles. The Kier molecular flexibility index (Phi) is 4.99. The number of nitrogens with zero attached hydrogens (tertiary/aromatic N) is 1. The van der Waals surface area contributed by atoms with Crippen LogP contribution in [0.5, 0.6) is 5.75 Å². The van der Waals surface area contributed by atoms with Gasteiger partial charge in [0.15, 0.2) is 5.69 Å². The fourth-order valence-electron chi connectivity index (χ4n) is 2.43. The summed E-state index contributed by atoms with van der Waals surface area (Å²) in [6, 6.07) is 15.0. The second kappa shape index (κ2) is 7.53. The third kappa shape index (κ3) is 3.98. The van der Waals surface area contributed by atoms with Crippen LogP contribution in [0.3, 0.4) is 0 Å². The SMILES string of the molecule is COc1cccc(CCNC(=O)c2coc(-c3ccccc3N)n2)c1. The van der Waals surface area contributed by atoms with Gasteiger partial charge >= 0.3 is 0 Å². The summed E-state index contributed by atoms with van der Waals surface area (Å²) in [5.41, 5.74) is 8.42. The van der Waals surface area contributed by atoms with E-state index in [0.29, 0.717) is 30.1 Å². The molecule has 0 aliphatic heterocycles. The van der Waals surface area contributed by atoms with Gasteiger partial charge in [0.25, 0.3) is 5.91 Å². The zero-order valence-corrected chi connectivity index (χ0v) is 13.9. The van der Waals surface area contributed by atoms with Gasteiger partial charge in [-0.05, 0) is 36.2 Å². The first kappa shape index (κ1) is 16.6. The summed E-state index contributed by atoms with van der Waals surface area (Å²) >= 11 is 0. The van der Waals surface area contributed by atoms with Gasteiger partial charge in [0, 0.05) is 12.2 Å². The van der Waals surface area contributed by atoms with E-state index in [9.17, 15) is 4.79 Å². The third-order valence-corrected chi connectivity index (χ3v) is 3.76. The van der Waals surface area contributed by atoms with Gasteiger partial charge in [-0.2, -0.15) is 0 Å². The highest BCUT2D eigenvalue weighted by Crippen LogP contribution is 2.24. The molecule has 0 saturated heterocycles. The molecule has 0 saturated carbocycles. The average molecular weight is 337 g/mol. The minimum absolute atomic E-state index is 0.226. The monoisotopic (exact) mass is 337 g/mol. The molecule has 0 bridgehead atoms. The van der Waals surface area contributed by atoms with Crippen molar-refractivity contribution in [3.63, 3.8) is 0 Å². The number of carbonyl (C=O) groups excluding carboxylic acids is 1. The first-order valence-corrected chi connectivity index (χ1v) is 7.89. The highest BCUT2D eigenvalue weighted by atomic mass is 16.5. The van der Waals surface area contributed by atoms with E-state index in [2.05, 4.69) is 10.3 Å². The lowest BCUT2D eigenvalue weighted by molar-refractivity contribution is 0.0949. The first-order valence-electron chi connectivity index (χ1n) is 7.89. The molecule has 0 atom stereocenters. The van der Waals surface area contributed by atoms with Crippen LogP contribution in [0.1, 0.15) is 16.1 Å². The maximum atomic E-state index is 12.2. The molecule has 0 unspecified atom stereocenters. The third-order valence-electron chi connectivity index (χ3n) is 3.76. The van der Waals surface area contributed by atoms with Crippen molar-refractivity contribution in [1.82, 2.24) is 10.3 Å². The lowest BCUT2D eigenvalue weighted by Gasteiger charge is -2.05. The zero-order valence-electron chi connectivity index (χ0n) is 13.9. The Labute approximate surface area is 145 Å². The molecule has 3 N–H and O–H groups in total. The molecular formula is C19H19N3O3. The Morgan fingerprint density at radius 2 is 2.08 bits per heavy atom. The number of carbonyl (C=O) groups is 1. The van der Waals surface area contributed by atoms with Crippen LogP contribution in [0, 0.1) is 0 Å². The van der Waals surface area contributed by atoms with E-state index in [0.717, 1.165) is 11.3 Å². The van der Waals surface area contributed by atoms with E-state index in [1.54, 1.807) is 19.2 Å². The normalized spacial score (nSPS) is 10.4. The van der Waals surface area contributed by atoms with Crippen molar-refractivity contribution in [2.45, 2.75) is 6.42 Å². The molecule has 1 amide bonds. The van der Waals surface area contributed by atoms with Gasteiger partial charge < -0.3 is 20.2 Å². The van der Waals surface area contributed by atoms with E-state index >= 15 is 0 Å². The van der Waals surface area contributed by atoms with Crippen LogP contribution in [0.4, 0.5) is 5.69 Å². The summed E-state index contributed by atoms with van der Waals surface area (Å²) < 4.78 is 10.6. The lowest BCUT2D eigenvalue weighted by atomic mass is 10.1. The first-order chi connectivity index (χ1) is 12.2. The van der Waals surface area contributed by atoms with Gasteiger partial charge in [0.05, 0.1) is 12.7 Å². The molecule has 0 radical (unpaired) electrons. The number of nitrogens with two attached hydrogens (primary N) is 1. The number of benzene rings is 2. The predicted octanol–water partition coefficient (Wildman–Crippen LogP) is 2.90. The average Bonchev–Trinajstić information content (AvgIpc) is 3.12. The maximum absolute atomic E-state index is 12.2. The van der Waals surface area contributed by atoms with E-state index in [1.807, 2.05) is 36.4 Å². The Morgan fingerprint density at radius 3 is 2.88 bits per heavy atom. The summed E-state index contributed by atoms with van der Waals surface area (Å²) in [6.07, 6.45) is 2.03. The number of hydrogen-bond donors (Lipinski definition) is 2. The van der Waals surface area contributed by atoms with Crippen LogP contribution in [-0.2, 0) is 6.42 Å². The number of nitrogen functional groups attached to an aromatic ring is 1. The molecule has 3 aromatic rings. The Balaban J connectivity index is 1.60. The van der Waals surface area contributed by atoms with Crippen molar-refractivity contribution in [3.8, 4) is 17.2 Å². The van der Waals surface area contributed by atoms with Crippen molar-refractivity contribution >= 4 is 11.6 Å². The van der Waals surface area contributed by atoms with Crippen LogP contribution in [0.2, 0.25) is 0 Å². The van der Waals surface area contributed by atoms with Gasteiger partial charge in [-0.15, -0.1) is 0 Å². The molecule has 0 spiro atoms. The van der Waals surface area contributed by atoms with E-state index < -0.39 is 0 Å². The van der Waals surface area contributed by atoms with Gasteiger partial charge in [-0.25, -0.2) is 4.98 Å². The lowest BCUT2D eigenvalue weighted by Crippen LogP contribution is -2.25. The smallest absolute Gasteiger partial charge is 0.273 e. The number of nitrogens with one attached hydrogen (secondary N) is 1. The van der Waals surface area contributed by atoms with Crippen LogP contribution in [0.25, 0.3) is 11.5 Å². The largest absolute Gasteiger partial charge is 0.497 e. The molecule has 128 valence electrons. The van der Waals surface area contributed by atoms with Gasteiger partial charge in [-0.3, -0.25) is 4.79 Å². The Morgan fingerprint density at radius 1 is 1.24 bits per heavy atom. The topological polar surface area (TPSA) is 90.4 Å². The van der Waals surface area contributed by atoms with E-state index in [-0.39, 0.29) is 11.6 Å². The molecule has 25 heavy (non-hydrogen) atoms. The Hall–Kier alpha value is -3.28. The van der Waals surface area contributed by atoms with Crippen LogP contribution < -0.4 is 15.8 Å². The summed E-state index contributed by atoms with van der Waals surface area (Å²) in [6.45, 7) is 0.488. The van der Waals surface area contributed by atoms with Gasteiger partial charge in [0.2, 0.25) is 5.89 Å². The van der Waals surface area contributed by atoms with Crippen LogP contribution >= 0.6 is 0 Å². The number of amides is 1. The van der Waals surface area contributed by atoms with E-state index in [1.165, 1.54) is 6.26 Å². The number of anilines is 1. The number of hydrogen-bond acceptors (Lipinski definition) is 5. The van der Waals surface area contributed by atoms with Crippen molar-refractivity contribution in [2.75, 3.05) is 19.4 Å². The van der Waals surface area contributed by atoms with Crippen molar-refractivity contribution in [2.24, 2.45) is 0 Å². The number of ether oxygens (including phenoxy) is 1. The fourth-order valence-corrected chi connectivity index (χ4v) is 2.43. The van der Waals surface area contributed by atoms with Crippen molar-refractivity contribution < 1.29 is 13.9 Å². The highest BCUT2D eigenvalue weighted by molar-refractivity contribution is 5.92. The quantitative estimate of drug-likeness (QED) is 0.675. The number of para-hydroxylation sites is 1. The molecule has 3 rings (SSSR count). The predicted molar refractivity (Wildman–Crippen MR) is 95.4 cm³/mol. The number of aromatic nitrogens is 1. The van der Waals surface area contributed by atoms with Gasteiger partial charge in [0.1, 0.15) is 12.0 Å². The molecule has 6 heteroatoms. The second-order valence-corrected chi connectivity index (χ2v) is 5.48. The Bertz CT molecular complexity index is 874. The molecular weight excluding hydrogens is 318 g/mol. The summed E-state index contributed by atoms with van der Waals surface area (Å²) in [4.78, 5) is 16.4. The van der Waals surface area contributed by atoms with E-state index in [4.69, 9.17) is 14.9 Å². The molecule has 6 nitrogen and oxygen atoms in total. The molecule has 2 aromatic carbocycles. The summed E-state index contributed by atoms with van der Waals surface area (Å²) in [5, 5.41) is 2.83. The van der Waals surface area contributed by atoms with Crippen LogP contribution in [-0.4, -0.2) is 24.5 Å². The zero-order chi connectivity index (χ0) is 17.6. The maximum Gasteiger partial charge on any atom is 0.273 e. The van der Waals surface area contributed by atoms with Crippen LogP contribution in [0.15, 0.2) is 59.2 Å². The number of oxazole rings is 1. The molecule has 1 heterocycles. The highest BCUT2D eigenvalue weighted by Gasteiger charge is 2.14. The summed E-state index contributed by atoms with van der Waals surface area (Å²) in [7, 11) is 1.63. The van der Waals surface area contributed by atoms with Crippen molar-refractivity contribution in [3.05, 3.63) is 66.1 Å². The second-order valence-electron chi connectivity index (χ2n) is 5.48.